The van der Waals surface area contributed by atoms with Gasteiger partial charge in [-0.15, -0.1) is 0 Å². The summed E-state index contributed by atoms with van der Waals surface area (Å²) in [5, 5.41) is 3.53. The van der Waals surface area contributed by atoms with Gasteiger partial charge in [0.2, 0.25) is 0 Å². The van der Waals surface area contributed by atoms with E-state index in [0.717, 1.165) is 25.7 Å². The van der Waals surface area contributed by atoms with E-state index in [0.29, 0.717) is 16.5 Å². The third kappa shape index (κ3) is 1.39. The van der Waals surface area contributed by atoms with Crippen molar-refractivity contribution in [3.05, 3.63) is 23.2 Å². The molecule has 0 radical (unpaired) electrons. The molecular formula is C12H12ClNO2. The van der Waals surface area contributed by atoms with E-state index in [9.17, 15) is 4.79 Å². The van der Waals surface area contributed by atoms with Crippen LogP contribution < -0.4 is 10.1 Å². The molecular weight excluding hydrogens is 226 g/mol. The van der Waals surface area contributed by atoms with E-state index in [4.69, 9.17) is 16.3 Å². The van der Waals surface area contributed by atoms with Crippen LogP contribution in [0.15, 0.2) is 18.2 Å². The molecule has 1 N–H and O–H groups in total. The Bertz CT molecular complexity index is 452. The summed E-state index contributed by atoms with van der Waals surface area (Å²) in [6.07, 6.45) is 3.68. The fourth-order valence-corrected chi connectivity index (χ4v) is 2.61. The highest BCUT2D eigenvalue weighted by Crippen LogP contribution is 2.42. The van der Waals surface area contributed by atoms with Gasteiger partial charge in [0, 0.05) is 11.1 Å². The van der Waals surface area contributed by atoms with E-state index >= 15 is 0 Å². The number of benzene rings is 1. The lowest BCUT2D eigenvalue weighted by molar-refractivity contribution is -0.131. The molecule has 16 heavy (non-hydrogen) atoms. The van der Waals surface area contributed by atoms with E-state index in [2.05, 4.69) is 5.32 Å². The molecule has 0 saturated heterocycles. The zero-order chi connectivity index (χ0) is 11.2. The Balaban J connectivity index is 2.02. The Hall–Kier alpha value is -1.22. The van der Waals surface area contributed by atoms with Crippen molar-refractivity contribution in [2.24, 2.45) is 0 Å². The Labute approximate surface area is 98.7 Å². The Morgan fingerprint density at radius 3 is 2.81 bits per heavy atom. The van der Waals surface area contributed by atoms with Crippen LogP contribution in [0.3, 0.4) is 0 Å². The number of anilines is 1. The minimum Gasteiger partial charge on any atom is -0.475 e. The van der Waals surface area contributed by atoms with Gasteiger partial charge in [-0.05, 0) is 37.8 Å². The first kappa shape index (κ1) is 9.97. The lowest BCUT2D eigenvalue weighted by atomic mass is 9.99. The van der Waals surface area contributed by atoms with Crippen molar-refractivity contribution in [1.82, 2.24) is 0 Å². The third-order valence-corrected chi connectivity index (χ3v) is 3.56. The largest absolute Gasteiger partial charge is 0.475 e. The van der Waals surface area contributed by atoms with Crippen LogP contribution in [0.1, 0.15) is 25.7 Å². The normalized spacial score (nSPS) is 21.4. The highest BCUT2D eigenvalue weighted by molar-refractivity contribution is 6.30. The molecule has 1 heterocycles. The topological polar surface area (TPSA) is 38.3 Å². The summed E-state index contributed by atoms with van der Waals surface area (Å²) in [6.45, 7) is 0. The molecule has 0 bridgehead atoms. The number of fused-ring (bicyclic) bond motifs is 1. The minimum atomic E-state index is -0.641. The van der Waals surface area contributed by atoms with Crippen molar-refractivity contribution >= 4 is 23.2 Å². The predicted molar refractivity (Wildman–Crippen MR) is 61.9 cm³/mol. The average molecular weight is 238 g/mol. The molecule has 1 aliphatic carbocycles. The van der Waals surface area contributed by atoms with E-state index in [1.807, 2.05) is 0 Å². The molecule has 0 atom stereocenters. The van der Waals surface area contributed by atoms with Crippen molar-refractivity contribution in [3.63, 3.8) is 0 Å². The van der Waals surface area contributed by atoms with Gasteiger partial charge in [-0.2, -0.15) is 0 Å². The summed E-state index contributed by atoms with van der Waals surface area (Å²) >= 11 is 5.92. The predicted octanol–water partition coefficient (Wildman–Crippen LogP) is 2.98. The van der Waals surface area contributed by atoms with E-state index in [1.165, 1.54) is 0 Å². The van der Waals surface area contributed by atoms with Gasteiger partial charge in [0.05, 0.1) is 5.69 Å². The smallest absolute Gasteiger partial charge is 0.268 e. The maximum Gasteiger partial charge on any atom is 0.268 e. The van der Waals surface area contributed by atoms with Crippen molar-refractivity contribution in [2.45, 2.75) is 31.3 Å². The quantitative estimate of drug-likeness (QED) is 0.753. The molecule has 4 heteroatoms. The molecule has 1 aliphatic heterocycles. The minimum absolute atomic E-state index is 0.0141. The molecule has 1 saturated carbocycles. The fraction of sp³-hybridized carbons (Fsp3) is 0.417. The molecule has 1 spiro atoms. The fourth-order valence-electron chi connectivity index (χ4n) is 2.45. The number of hydrogen-bond acceptors (Lipinski definition) is 2. The van der Waals surface area contributed by atoms with Crippen molar-refractivity contribution in [3.8, 4) is 5.75 Å². The molecule has 1 fully saturated rings. The lowest BCUT2D eigenvalue weighted by Gasteiger charge is -2.34. The zero-order valence-corrected chi connectivity index (χ0v) is 9.51. The summed E-state index contributed by atoms with van der Waals surface area (Å²) in [5.74, 6) is 0.675. The summed E-state index contributed by atoms with van der Waals surface area (Å²) in [7, 11) is 0. The molecule has 1 aromatic carbocycles. The first-order valence-corrected chi connectivity index (χ1v) is 5.87. The number of hydrogen-bond donors (Lipinski definition) is 1. The Kier molecular flexibility index (Phi) is 2.11. The van der Waals surface area contributed by atoms with Crippen LogP contribution in [0.4, 0.5) is 5.69 Å². The molecule has 84 valence electrons. The van der Waals surface area contributed by atoms with Gasteiger partial charge >= 0.3 is 0 Å². The summed E-state index contributed by atoms with van der Waals surface area (Å²) in [6, 6.07) is 5.28. The van der Waals surface area contributed by atoms with Gasteiger partial charge < -0.3 is 10.1 Å². The maximum absolute atomic E-state index is 12.0. The second-order valence-electron chi connectivity index (χ2n) is 4.40. The van der Waals surface area contributed by atoms with Crippen LogP contribution in [0.2, 0.25) is 5.02 Å². The van der Waals surface area contributed by atoms with Gasteiger partial charge in [-0.3, -0.25) is 4.79 Å². The summed E-state index contributed by atoms with van der Waals surface area (Å²) in [4.78, 5) is 12.0. The van der Waals surface area contributed by atoms with Gasteiger partial charge in [-0.25, -0.2) is 0 Å². The first-order chi connectivity index (χ1) is 7.70. The van der Waals surface area contributed by atoms with Crippen LogP contribution in [0.25, 0.3) is 0 Å². The first-order valence-electron chi connectivity index (χ1n) is 5.50. The number of halogens is 1. The van der Waals surface area contributed by atoms with Crippen LogP contribution >= 0.6 is 11.6 Å². The standard InChI is InChI=1S/C12H12ClNO2/c13-8-3-4-9-10(7-8)16-12(11(15)14-9)5-1-2-6-12/h3-4,7H,1-2,5-6H2,(H,14,15). The molecule has 1 amide bonds. The third-order valence-electron chi connectivity index (χ3n) is 3.32. The van der Waals surface area contributed by atoms with Crippen molar-refractivity contribution in [1.29, 1.82) is 0 Å². The van der Waals surface area contributed by atoms with E-state index in [-0.39, 0.29) is 5.91 Å². The highest BCUT2D eigenvalue weighted by atomic mass is 35.5. The van der Waals surface area contributed by atoms with Crippen LogP contribution in [-0.4, -0.2) is 11.5 Å². The molecule has 0 unspecified atom stereocenters. The molecule has 3 rings (SSSR count). The Morgan fingerprint density at radius 2 is 2.06 bits per heavy atom. The second kappa shape index (κ2) is 3.39. The number of amides is 1. The zero-order valence-electron chi connectivity index (χ0n) is 8.75. The highest BCUT2D eigenvalue weighted by Gasteiger charge is 2.46. The number of ether oxygens (including phenoxy) is 1. The van der Waals surface area contributed by atoms with Crippen LogP contribution in [0, 0.1) is 0 Å². The maximum atomic E-state index is 12.0. The SMILES string of the molecule is O=C1Nc2ccc(Cl)cc2OC12CCCC2. The van der Waals surface area contributed by atoms with Crippen molar-refractivity contribution < 1.29 is 9.53 Å². The average Bonchev–Trinajstić information content (AvgIpc) is 2.70. The van der Waals surface area contributed by atoms with Gasteiger partial charge in [0.1, 0.15) is 5.75 Å². The monoisotopic (exact) mass is 237 g/mol. The molecule has 0 aromatic heterocycles. The summed E-state index contributed by atoms with van der Waals surface area (Å²) < 4.78 is 5.88. The molecule has 2 aliphatic rings. The summed E-state index contributed by atoms with van der Waals surface area (Å²) in [5.41, 5.74) is 0.0736. The Morgan fingerprint density at radius 1 is 1.31 bits per heavy atom. The number of carbonyl (C=O) groups is 1. The number of carbonyl (C=O) groups excluding carboxylic acids is 1. The number of rotatable bonds is 0. The molecule has 1 aromatic rings. The van der Waals surface area contributed by atoms with Gasteiger partial charge in [0.25, 0.3) is 5.91 Å². The number of nitrogens with one attached hydrogen (secondary N) is 1. The van der Waals surface area contributed by atoms with Crippen LogP contribution in [0.5, 0.6) is 5.75 Å². The van der Waals surface area contributed by atoms with E-state index < -0.39 is 5.60 Å². The van der Waals surface area contributed by atoms with Crippen LogP contribution in [-0.2, 0) is 4.79 Å². The van der Waals surface area contributed by atoms with E-state index in [1.54, 1.807) is 18.2 Å². The van der Waals surface area contributed by atoms with Crippen molar-refractivity contribution in [2.75, 3.05) is 5.32 Å². The lowest BCUT2D eigenvalue weighted by Crippen LogP contribution is -2.48. The van der Waals surface area contributed by atoms with Gasteiger partial charge in [0.15, 0.2) is 5.60 Å². The molecule has 3 nitrogen and oxygen atoms in total. The second-order valence-corrected chi connectivity index (χ2v) is 4.83. The van der Waals surface area contributed by atoms with Gasteiger partial charge in [-0.1, -0.05) is 11.6 Å².